The third kappa shape index (κ3) is 6.90. The fraction of sp³-hybridized carbons (Fsp3) is 0.577. The van der Waals surface area contributed by atoms with Crippen molar-refractivity contribution in [3.8, 4) is 17.1 Å². The maximum absolute atomic E-state index is 6.00. The second kappa shape index (κ2) is 14.0. The minimum atomic E-state index is 0.656. The molecule has 9 nitrogen and oxygen atoms in total. The van der Waals surface area contributed by atoms with Crippen molar-refractivity contribution in [2.75, 3.05) is 64.9 Å². The van der Waals surface area contributed by atoms with Gasteiger partial charge in [0.2, 0.25) is 0 Å². The summed E-state index contributed by atoms with van der Waals surface area (Å²) in [7, 11) is 1.84. The van der Waals surface area contributed by atoms with Crippen LogP contribution in [0.4, 0.5) is 5.82 Å². The van der Waals surface area contributed by atoms with Crippen molar-refractivity contribution < 1.29 is 9.47 Å². The minimum Gasteiger partial charge on any atom is -0.493 e. The Morgan fingerprint density at radius 1 is 1.03 bits per heavy atom. The van der Waals surface area contributed by atoms with Crippen LogP contribution in [0.5, 0.6) is 5.75 Å². The number of nitrogens with zero attached hydrogens (tertiary/aromatic N) is 6. The van der Waals surface area contributed by atoms with Crippen molar-refractivity contribution in [2.24, 2.45) is 0 Å². The maximum atomic E-state index is 6.00. The first-order chi connectivity index (χ1) is 17.3. The highest BCUT2D eigenvalue weighted by molar-refractivity contribution is 5.63. The summed E-state index contributed by atoms with van der Waals surface area (Å²) in [6.07, 6.45) is 6.39. The molecule has 0 aromatic carbocycles. The molecule has 192 valence electrons. The molecule has 2 aliphatic rings. The van der Waals surface area contributed by atoms with Crippen molar-refractivity contribution in [2.45, 2.75) is 40.2 Å². The number of hydrogen-bond donors (Lipinski definition) is 1. The van der Waals surface area contributed by atoms with E-state index in [1.165, 1.54) is 0 Å². The molecule has 5 rings (SSSR count). The molecular weight excluding hydrogens is 442 g/mol. The molecule has 0 aliphatic carbocycles. The summed E-state index contributed by atoms with van der Waals surface area (Å²) in [6, 6.07) is 6.53. The van der Waals surface area contributed by atoms with E-state index in [4.69, 9.17) is 9.47 Å². The van der Waals surface area contributed by atoms with Gasteiger partial charge in [-0.3, -0.25) is 9.30 Å². The van der Waals surface area contributed by atoms with Gasteiger partial charge < -0.3 is 19.7 Å². The van der Waals surface area contributed by atoms with Crippen molar-refractivity contribution in [3.63, 3.8) is 0 Å². The monoisotopic (exact) mass is 483 g/mol. The van der Waals surface area contributed by atoms with Gasteiger partial charge in [-0.1, -0.05) is 27.7 Å². The molecule has 0 unspecified atom stereocenters. The number of pyridine rings is 1. The molecule has 2 aliphatic heterocycles. The summed E-state index contributed by atoms with van der Waals surface area (Å²) in [4.78, 5) is 18.2. The van der Waals surface area contributed by atoms with Crippen LogP contribution in [0.15, 0.2) is 36.9 Å². The molecule has 0 atom stereocenters. The van der Waals surface area contributed by atoms with E-state index < -0.39 is 0 Å². The van der Waals surface area contributed by atoms with Crippen molar-refractivity contribution in [3.05, 3.63) is 36.9 Å². The number of nitrogens with one attached hydrogen (secondary N) is 1. The molecule has 5 heterocycles. The summed E-state index contributed by atoms with van der Waals surface area (Å²) >= 11 is 0. The Balaban J connectivity index is 0.000000815. The number of fused-ring (bicyclic) bond motifs is 1. The lowest BCUT2D eigenvalue weighted by atomic mass is 10.2. The first kappa shape index (κ1) is 26.8. The Kier molecular flexibility index (Phi) is 10.7. The standard InChI is InChI=1S/C22H29N7O2.2C2H6/c1-23-21-12-19(25-16-26-21)20-13-24-22-11-18(3-5-29(20)22)31-10-2-4-27-6-8-28(9-7-27)17-14-30-15-17;2*1-2/h3,5,11-13,16-17H,2,4,6-10,14-15H2,1H3,(H,23,25,26);2*1-2H3. The van der Waals surface area contributed by atoms with E-state index in [-0.39, 0.29) is 0 Å². The number of rotatable bonds is 8. The van der Waals surface area contributed by atoms with E-state index in [2.05, 4.69) is 30.1 Å². The van der Waals surface area contributed by atoms with Crippen LogP contribution in [0.2, 0.25) is 0 Å². The number of anilines is 1. The van der Waals surface area contributed by atoms with Gasteiger partial charge in [0.15, 0.2) is 0 Å². The molecule has 0 radical (unpaired) electrons. The van der Waals surface area contributed by atoms with E-state index in [9.17, 15) is 0 Å². The van der Waals surface area contributed by atoms with Gasteiger partial charge in [-0.2, -0.15) is 0 Å². The number of piperazine rings is 1. The molecule has 1 N–H and O–H groups in total. The molecule has 2 fully saturated rings. The van der Waals surface area contributed by atoms with Crippen molar-refractivity contribution >= 4 is 11.5 Å². The Labute approximate surface area is 209 Å². The van der Waals surface area contributed by atoms with Crippen LogP contribution < -0.4 is 10.1 Å². The van der Waals surface area contributed by atoms with Crippen molar-refractivity contribution in [1.29, 1.82) is 0 Å². The number of aromatic nitrogens is 4. The van der Waals surface area contributed by atoms with Crippen LogP contribution in [-0.4, -0.2) is 94.8 Å². The van der Waals surface area contributed by atoms with Gasteiger partial charge >= 0.3 is 0 Å². The molecule has 35 heavy (non-hydrogen) atoms. The zero-order chi connectivity index (χ0) is 25.0. The summed E-state index contributed by atoms with van der Waals surface area (Å²) in [6.45, 7) is 16.2. The fourth-order valence-corrected chi connectivity index (χ4v) is 4.14. The lowest BCUT2D eigenvalue weighted by Crippen LogP contribution is -2.56. The highest BCUT2D eigenvalue weighted by atomic mass is 16.5. The van der Waals surface area contributed by atoms with Crippen LogP contribution in [0.3, 0.4) is 0 Å². The average Bonchev–Trinajstić information content (AvgIpc) is 3.32. The molecule has 0 spiro atoms. The maximum Gasteiger partial charge on any atom is 0.140 e. The predicted molar refractivity (Wildman–Crippen MR) is 141 cm³/mol. The summed E-state index contributed by atoms with van der Waals surface area (Å²) < 4.78 is 13.3. The van der Waals surface area contributed by atoms with E-state index in [0.717, 1.165) is 81.0 Å². The van der Waals surface area contributed by atoms with Crippen LogP contribution in [-0.2, 0) is 4.74 Å². The Morgan fingerprint density at radius 3 is 2.49 bits per heavy atom. The van der Waals surface area contributed by atoms with E-state index >= 15 is 0 Å². The zero-order valence-electron chi connectivity index (χ0n) is 21.9. The molecule has 9 heteroatoms. The largest absolute Gasteiger partial charge is 0.493 e. The quantitative estimate of drug-likeness (QED) is 0.486. The minimum absolute atomic E-state index is 0.656. The lowest BCUT2D eigenvalue weighted by Gasteiger charge is -2.42. The molecule has 3 aromatic rings. The number of hydrogen-bond acceptors (Lipinski definition) is 8. The fourth-order valence-electron chi connectivity index (χ4n) is 4.14. The van der Waals surface area contributed by atoms with Gasteiger partial charge in [0.25, 0.3) is 0 Å². The Bertz CT molecular complexity index is 1010. The molecule has 0 bridgehead atoms. The summed E-state index contributed by atoms with van der Waals surface area (Å²) in [5.74, 6) is 1.62. The first-order valence-electron chi connectivity index (χ1n) is 12.9. The van der Waals surface area contributed by atoms with E-state index in [1.807, 2.05) is 69.7 Å². The smallest absolute Gasteiger partial charge is 0.140 e. The van der Waals surface area contributed by atoms with Gasteiger partial charge in [0.1, 0.15) is 23.5 Å². The van der Waals surface area contributed by atoms with Crippen LogP contribution in [0.1, 0.15) is 34.1 Å². The molecule has 0 amide bonds. The van der Waals surface area contributed by atoms with Gasteiger partial charge in [-0.05, 0) is 12.5 Å². The van der Waals surface area contributed by atoms with Crippen molar-refractivity contribution in [1.82, 2.24) is 29.2 Å². The highest BCUT2D eigenvalue weighted by Crippen LogP contribution is 2.23. The SMILES string of the molecule is CC.CC.CNc1cc(-c2cnc3cc(OCCCN4CCN(C5COC5)CC4)ccn23)ncn1. The van der Waals surface area contributed by atoms with Crippen LogP contribution in [0, 0.1) is 0 Å². The van der Waals surface area contributed by atoms with Gasteiger partial charge in [-0.25, -0.2) is 15.0 Å². The Morgan fingerprint density at radius 2 is 1.80 bits per heavy atom. The Hall–Kier alpha value is -2.75. The first-order valence-corrected chi connectivity index (χ1v) is 12.9. The number of imidazole rings is 1. The second-order valence-corrected chi connectivity index (χ2v) is 8.04. The summed E-state index contributed by atoms with van der Waals surface area (Å²) in [5, 5.41) is 3.04. The normalized spacial score (nSPS) is 16.5. The molecule has 2 saturated heterocycles. The number of ether oxygens (including phenoxy) is 2. The molecular formula is C26H41N7O2. The summed E-state index contributed by atoms with van der Waals surface area (Å²) in [5.41, 5.74) is 2.59. The average molecular weight is 484 g/mol. The zero-order valence-corrected chi connectivity index (χ0v) is 21.9. The topological polar surface area (TPSA) is 80.1 Å². The van der Waals surface area contributed by atoms with Gasteiger partial charge in [-0.15, -0.1) is 0 Å². The van der Waals surface area contributed by atoms with E-state index in [0.29, 0.717) is 12.6 Å². The van der Waals surface area contributed by atoms with Crippen LogP contribution in [0.25, 0.3) is 17.0 Å². The third-order valence-electron chi connectivity index (χ3n) is 6.10. The van der Waals surface area contributed by atoms with E-state index in [1.54, 1.807) is 6.33 Å². The van der Waals surface area contributed by atoms with Gasteiger partial charge in [0.05, 0.1) is 43.4 Å². The van der Waals surface area contributed by atoms with Gasteiger partial charge in [0, 0.05) is 58.1 Å². The predicted octanol–water partition coefficient (Wildman–Crippen LogP) is 3.67. The van der Waals surface area contributed by atoms with Crippen LogP contribution >= 0.6 is 0 Å². The highest BCUT2D eigenvalue weighted by Gasteiger charge is 2.28. The second-order valence-electron chi connectivity index (χ2n) is 8.04. The lowest BCUT2D eigenvalue weighted by molar-refractivity contribution is -0.0769. The molecule has 3 aromatic heterocycles. The third-order valence-corrected chi connectivity index (χ3v) is 6.10. The molecule has 0 saturated carbocycles.